The van der Waals surface area contributed by atoms with Crippen molar-refractivity contribution < 1.29 is 9.90 Å². The number of hydrogen-bond donors (Lipinski definition) is 2. The third-order valence-electron chi connectivity index (χ3n) is 2.73. The number of rotatable bonds is 6. The quantitative estimate of drug-likeness (QED) is 0.810. The van der Waals surface area contributed by atoms with Gasteiger partial charge in [-0.1, -0.05) is 18.2 Å². The first-order chi connectivity index (χ1) is 9.29. The van der Waals surface area contributed by atoms with E-state index in [1.165, 1.54) is 0 Å². The Morgan fingerprint density at radius 3 is 2.84 bits per heavy atom. The largest absolute Gasteiger partial charge is 0.395 e. The predicted octanol–water partition coefficient (Wildman–Crippen LogP) is 0.913. The van der Waals surface area contributed by atoms with Crippen molar-refractivity contribution >= 4 is 5.91 Å². The molecule has 0 aliphatic carbocycles. The van der Waals surface area contributed by atoms with E-state index in [0.717, 1.165) is 11.3 Å². The molecule has 5 nitrogen and oxygen atoms in total. The van der Waals surface area contributed by atoms with Crippen molar-refractivity contribution in [2.24, 2.45) is 0 Å². The highest BCUT2D eigenvalue weighted by Crippen LogP contribution is 2.08. The molecule has 100 valence electrons. The lowest BCUT2D eigenvalue weighted by Crippen LogP contribution is -2.26. The minimum absolute atomic E-state index is 0.0301. The van der Waals surface area contributed by atoms with Crippen LogP contribution in [0.15, 0.2) is 42.7 Å². The topological polar surface area (TPSA) is 67.2 Å². The molecular weight excluding hydrogens is 242 g/mol. The van der Waals surface area contributed by atoms with Gasteiger partial charge in [-0.3, -0.25) is 4.79 Å². The van der Waals surface area contributed by atoms with Crippen LogP contribution in [-0.4, -0.2) is 33.9 Å². The predicted molar refractivity (Wildman–Crippen MR) is 72.0 cm³/mol. The first kappa shape index (κ1) is 13.3. The third kappa shape index (κ3) is 3.93. The average molecular weight is 259 g/mol. The van der Waals surface area contributed by atoms with Gasteiger partial charge in [0.1, 0.15) is 0 Å². The highest BCUT2D eigenvalue weighted by Gasteiger charge is 2.04. The normalized spacial score (nSPS) is 10.4. The van der Waals surface area contributed by atoms with Crippen LogP contribution in [0.5, 0.6) is 0 Å². The molecule has 19 heavy (non-hydrogen) atoms. The number of aromatic nitrogens is 2. The Morgan fingerprint density at radius 1 is 1.32 bits per heavy atom. The number of benzene rings is 1. The molecule has 2 aromatic rings. The van der Waals surface area contributed by atoms with Gasteiger partial charge < -0.3 is 10.4 Å². The molecule has 1 aromatic carbocycles. The summed E-state index contributed by atoms with van der Waals surface area (Å²) in [7, 11) is 0. The van der Waals surface area contributed by atoms with E-state index >= 15 is 0 Å². The molecule has 0 bridgehead atoms. The molecule has 0 saturated heterocycles. The molecule has 0 fully saturated rings. The zero-order valence-electron chi connectivity index (χ0n) is 10.6. The summed E-state index contributed by atoms with van der Waals surface area (Å²) in [5.41, 5.74) is 2.02. The molecule has 0 atom stereocenters. The second kappa shape index (κ2) is 6.70. The van der Waals surface area contributed by atoms with Crippen LogP contribution in [0.25, 0.3) is 5.69 Å². The van der Waals surface area contributed by atoms with E-state index in [1.807, 2.05) is 36.5 Å². The van der Waals surface area contributed by atoms with Gasteiger partial charge in [-0.15, -0.1) is 0 Å². The standard InChI is InChI=1S/C14H17N3O2/c18-9-8-15-14(19)7-6-12-10-16-17(11-12)13-4-2-1-3-5-13/h1-5,10-11,18H,6-9H2,(H,15,19). The van der Waals surface area contributed by atoms with Gasteiger partial charge in [-0.25, -0.2) is 4.68 Å². The van der Waals surface area contributed by atoms with Crippen molar-refractivity contribution in [2.75, 3.05) is 13.2 Å². The lowest BCUT2D eigenvalue weighted by atomic mass is 10.2. The number of aliphatic hydroxyl groups is 1. The molecular formula is C14H17N3O2. The number of nitrogens with zero attached hydrogens (tertiary/aromatic N) is 2. The fourth-order valence-electron chi connectivity index (χ4n) is 1.75. The molecule has 0 aliphatic heterocycles. The number of carbonyl (C=O) groups excluding carboxylic acids is 1. The highest BCUT2D eigenvalue weighted by molar-refractivity contribution is 5.76. The first-order valence-corrected chi connectivity index (χ1v) is 6.26. The maximum absolute atomic E-state index is 11.4. The molecule has 0 spiro atoms. The molecule has 1 heterocycles. The van der Waals surface area contributed by atoms with E-state index in [9.17, 15) is 4.79 Å². The first-order valence-electron chi connectivity index (χ1n) is 6.26. The van der Waals surface area contributed by atoms with Crippen LogP contribution in [0, 0.1) is 0 Å². The maximum Gasteiger partial charge on any atom is 0.220 e. The van der Waals surface area contributed by atoms with Crippen LogP contribution in [0.2, 0.25) is 0 Å². The minimum Gasteiger partial charge on any atom is -0.395 e. The van der Waals surface area contributed by atoms with Crippen molar-refractivity contribution in [3.8, 4) is 5.69 Å². The number of aryl methyl sites for hydroxylation is 1. The fourth-order valence-corrected chi connectivity index (χ4v) is 1.75. The van der Waals surface area contributed by atoms with Gasteiger partial charge >= 0.3 is 0 Å². The summed E-state index contributed by atoms with van der Waals surface area (Å²) in [6.07, 6.45) is 4.74. The van der Waals surface area contributed by atoms with E-state index in [2.05, 4.69) is 10.4 Å². The molecule has 0 radical (unpaired) electrons. The van der Waals surface area contributed by atoms with Gasteiger partial charge in [0.25, 0.3) is 0 Å². The van der Waals surface area contributed by atoms with Crippen molar-refractivity contribution in [2.45, 2.75) is 12.8 Å². The molecule has 1 amide bonds. The Kier molecular flexibility index (Phi) is 4.69. The molecule has 2 rings (SSSR count). The number of hydrogen-bond acceptors (Lipinski definition) is 3. The molecule has 0 unspecified atom stereocenters. The van der Waals surface area contributed by atoms with Gasteiger partial charge in [0, 0.05) is 19.2 Å². The van der Waals surface area contributed by atoms with Crippen LogP contribution in [0.4, 0.5) is 0 Å². The number of carbonyl (C=O) groups is 1. The highest BCUT2D eigenvalue weighted by atomic mass is 16.3. The summed E-state index contributed by atoms with van der Waals surface area (Å²) in [5, 5.41) is 15.5. The van der Waals surface area contributed by atoms with Crippen molar-refractivity contribution in [1.82, 2.24) is 15.1 Å². The number of amides is 1. The Hall–Kier alpha value is -2.14. The zero-order valence-corrected chi connectivity index (χ0v) is 10.6. The SMILES string of the molecule is O=C(CCc1cnn(-c2ccccc2)c1)NCCO. The summed E-state index contributed by atoms with van der Waals surface area (Å²) in [6, 6.07) is 9.83. The summed E-state index contributed by atoms with van der Waals surface area (Å²) < 4.78 is 1.79. The summed E-state index contributed by atoms with van der Waals surface area (Å²) in [4.78, 5) is 11.4. The smallest absolute Gasteiger partial charge is 0.220 e. The second-order valence-corrected chi connectivity index (χ2v) is 4.20. The second-order valence-electron chi connectivity index (χ2n) is 4.20. The average Bonchev–Trinajstić information content (AvgIpc) is 2.93. The van der Waals surface area contributed by atoms with Crippen molar-refractivity contribution in [3.05, 3.63) is 48.3 Å². The van der Waals surface area contributed by atoms with Crippen LogP contribution < -0.4 is 5.32 Å². The van der Waals surface area contributed by atoms with E-state index in [4.69, 9.17) is 5.11 Å². The van der Waals surface area contributed by atoms with Crippen LogP contribution in [-0.2, 0) is 11.2 Å². The van der Waals surface area contributed by atoms with Crippen LogP contribution in [0.3, 0.4) is 0 Å². The monoisotopic (exact) mass is 259 g/mol. The number of aliphatic hydroxyl groups excluding tert-OH is 1. The molecule has 0 aliphatic rings. The van der Waals surface area contributed by atoms with Gasteiger partial charge in [0.15, 0.2) is 0 Å². The number of nitrogens with one attached hydrogen (secondary N) is 1. The fraction of sp³-hybridized carbons (Fsp3) is 0.286. The van der Waals surface area contributed by atoms with Crippen molar-refractivity contribution in [1.29, 1.82) is 0 Å². The molecule has 0 saturated carbocycles. The van der Waals surface area contributed by atoms with Gasteiger partial charge in [0.2, 0.25) is 5.91 Å². The van der Waals surface area contributed by atoms with Gasteiger partial charge in [-0.05, 0) is 24.1 Å². The van der Waals surface area contributed by atoms with Crippen LogP contribution >= 0.6 is 0 Å². The maximum atomic E-state index is 11.4. The zero-order chi connectivity index (χ0) is 13.5. The molecule has 2 N–H and O–H groups in total. The Balaban J connectivity index is 1.90. The Labute approximate surface area is 111 Å². The Bertz CT molecular complexity index is 522. The van der Waals surface area contributed by atoms with E-state index < -0.39 is 0 Å². The lowest BCUT2D eigenvalue weighted by Gasteiger charge is -2.01. The third-order valence-corrected chi connectivity index (χ3v) is 2.73. The van der Waals surface area contributed by atoms with Gasteiger partial charge in [-0.2, -0.15) is 5.10 Å². The summed E-state index contributed by atoms with van der Waals surface area (Å²) >= 11 is 0. The minimum atomic E-state index is -0.0542. The number of para-hydroxylation sites is 1. The molecule has 1 aromatic heterocycles. The lowest BCUT2D eigenvalue weighted by molar-refractivity contribution is -0.121. The Morgan fingerprint density at radius 2 is 2.11 bits per heavy atom. The summed E-state index contributed by atoms with van der Waals surface area (Å²) in [6.45, 7) is 0.278. The van der Waals surface area contributed by atoms with E-state index in [-0.39, 0.29) is 12.5 Å². The molecule has 5 heteroatoms. The van der Waals surface area contributed by atoms with Gasteiger partial charge in [0.05, 0.1) is 18.5 Å². The van der Waals surface area contributed by atoms with Crippen LogP contribution in [0.1, 0.15) is 12.0 Å². The van der Waals surface area contributed by atoms with E-state index in [0.29, 0.717) is 19.4 Å². The summed E-state index contributed by atoms with van der Waals surface area (Å²) in [5.74, 6) is -0.0542. The van der Waals surface area contributed by atoms with E-state index in [1.54, 1.807) is 10.9 Å². The van der Waals surface area contributed by atoms with Crippen molar-refractivity contribution in [3.63, 3.8) is 0 Å².